The number of rotatable bonds is 4. The largest absolute Gasteiger partial charge is 0.314 e. The molecule has 1 saturated carbocycles. The number of hydrogen-bond acceptors (Lipinski definition) is 3. The van der Waals surface area contributed by atoms with E-state index in [-0.39, 0.29) is 0 Å². The molecule has 2 unspecified atom stereocenters. The highest BCUT2D eigenvalue weighted by molar-refractivity contribution is 4.86. The van der Waals surface area contributed by atoms with Crippen molar-refractivity contribution in [3.63, 3.8) is 0 Å². The van der Waals surface area contributed by atoms with Gasteiger partial charge in [-0.1, -0.05) is 26.2 Å². The SMILES string of the molecule is CCNC1CCCCCC1CN1CCN(C(C)(C)C)CC1. The van der Waals surface area contributed by atoms with Crippen molar-refractivity contribution < 1.29 is 0 Å². The molecule has 3 nitrogen and oxygen atoms in total. The second-order valence-electron chi connectivity index (χ2n) is 8.02. The lowest BCUT2D eigenvalue weighted by molar-refractivity contribution is 0.0513. The fourth-order valence-corrected chi connectivity index (χ4v) is 4.07. The Hall–Kier alpha value is -0.120. The fourth-order valence-electron chi connectivity index (χ4n) is 4.07. The van der Waals surface area contributed by atoms with Crippen molar-refractivity contribution in [3.8, 4) is 0 Å². The summed E-state index contributed by atoms with van der Waals surface area (Å²) in [7, 11) is 0. The molecule has 21 heavy (non-hydrogen) atoms. The van der Waals surface area contributed by atoms with Crippen LogP contribution in [0.1, 0.15) is 59.8 Å². The van der Waals surface area contributed by atoms with E-state index in [0.717, 1.165) is 18.5 Å². The van der Waals surface area contributed by atoms with Crippen LogP contribution in [0.4, 0.5) is 0 Å². The van der Waals surface area contributed by atoms with Gasteiger partial charge in [-0.25, -0.2) is 0 Å². The first kappa shape index (κ1) is 17.2. The smallest absolute Gasteiger partial charge is 0.0126 e. The molecule has 0 radical (unpaired) electrons. The van der Waals surface area contributed by atoms with Gasteiger partial charge in [-0.15, -0.1) is 0 Å². The van der Waals surface area contributed by atoms with E-state index in [1.807, 2.05) is 0 Å². The van der Waals surface area contributed by atoms with Crippen LogP contribution in [-0.2, 0) is 0 Å². The molecule has 1 aliphatic carbocycles. The Kier molecular flexibility index (Phi) is 6.51. The van der Waals surface area contributed by atoms with Crippen molar-refractivity contribution in [3.05, 3.63) is 0 Å². The topological polar surface area (TPSA) is 18.5 Å². The molecule has 2 rings (SSSR count). The van der Waals surface area contributed by atoms with Crippen LogP contribution in [0.15, 0.2) is 0 Å². The van der Waals surface area contributed by atoms with Crippen molar-refractivity contribution in [1.29, 1.82) is 0 Å². The van der Waals surface area contributed by atoms with Crippen molar-refractivity contribution in [1.82, 2.24) is 15.1 Å². The number of piperazine rings is 1. The van der Waals surface area contributed by atoms with Crippen molar-refractivity contribution in [2.75, 3.05) is 39.3 Å². The molecule has 0 aromatic heterocycles. The minimum atomic E-state index is 0.334. The molecular weight excluding hydrogens is 258 g/mol. The lowest BCUT2D eigenvalue weighted by Gasteiger charge is -2.43. The van der Waals surface area contributed by atoms with Gasteiger partial charge in [0.25, 0.3) is 0 Å². The minimum Gasteiger partial charge on any atom is -0.314 e. The highest BCUT2D eigenvalue weighted by Crippen LogP contribution is 2.25. The standard InChI is InChI=1S/C18H37N3/c1-5-19-17-10-8-6-7-9-16(17)15-20-11-13-21(14-12-20)18(2,3)4/h16-17,19H,5-15H2,1-4H3. The van der Waals surface area contributed by atoms with E-state index in [9.17, 15) is 0 Å². The number of nitrogens with one attached hydrogen (secondary N) is 1. The minimum absolute atomic E-state index is 0.334. The van der Waals surface area contributed by atoms with Gasteiger partial charge in [0.15, 0.2) is 0 Å². The van der Waals surface area contributed by atoms with Crippen molar-refractivity contribution >= 4 is 0 Å². The summed E-state index contributed by atoms with van der Waals surface area (Å²) >= 11 is 0. The Labute approximate surface area is 132 Å². The molecule has 1 heterocycles. The average molecular weight is 296 g/mol. The van der Waals surface area contributed by atoms with E-state index in [0.29, 0.717) is 5.54 Å². The lowest BCUT2D eigenvalue weighted by atomic mass is 9.93. The maximum absolute atomic E-state index is 3.76. The van der Waals surface area contributed by atoms with E-state index in [1.54, 1.807) is 0 Å². The molecule has 3 heteroatoms. The van der Waals surface area contributed by atoms with Crippen molar-refractivity contribution in [2.24, 2.45) is 5.92 Å². The molecule has 124 valence electrons. The Morgan fingerprint density at radius 2 is 1.62 bits per heavy atom. The monoisotopic (exact) mass is 295 g/mol. The van der Waals surface area contributed by atoms with Gasteiger partial charge in [-0.3, -0.25) is 4.90 Å². The Morgan fingerprint density at radius 1 is 0.952 bits per heavy atom. The van der Waals surface area contributed by atoms with E-state index >= 15 is 0 Å². The summed E-state index contributed by atoms with van der Waals surface area (Å²) in [6.45, 7) is 16.7. The Balaban J connectivity index is 1.83. The zero-order valence-electron chi connectivity index (χ0n) is 14.8. The molecule has 0 spiro atoms. The summed E-state index contributed by atoms with van der Waals surface area (Å²) in [4.78, 5) is 5.36. The molecule has 1 aliphatic heterocycles. The predicted molar refractivity (Wildman–Crippen MR) is 91.8 cm³/mol. The van der Waals surface area contributed by atoms with Crippen LogP contribution in [0.2, 0.25) is 0 Å². The normalized spacial score (nSPS) is 30.3. The zero-order valence-corrected chi connectivity index (χ0v) is 14.8. The maximum Gasteiger partial charge on any atom is 0.0126 e. The van der Waals surface area contributed by atoms with Crippen LogP contribution in [0, 0.1) is 5.92 Å². The Bertz CT molecular complexity index is 289. The third-order valence-corrected chi connectivity index (χ3v) is 5.44. The molecule has 1 saturated heterocycles. The van der Waals surface area contributed by atoms with Gasteiger partial charge < -0.3 is 10.2 Å². The number of nitrogens with zero attached hydrogens (tertiary/aromatic N) is 2. The van der Waals surface area contributed by atoms with E-state index in [4.69, 9.17) is 0 Å². The van der Waals surface area contributed by atoms with Crippen LogP contribution in [-0.4, -0.2) is 60.6 Å². The second kappa shape index (κ2) is 7.94. The van der Waals surface area contributed by atoms with Gasteiger partial charge in [0.1, 0.15) is 0 Å². The molecule has 1 N–H and O–H groups in total. The van der Waals surface area contributed by atoms with E-state index < -0.39 is 0 Å². The highest BCUT2D eigenvalue weighted by Gasteiger charge is 2.29. The molecule has 2 atom stereocenters. The average Bonchev–Trinajstić information content (AvgIpc) is 2.65. The van der Waals surface area contributed by atoms with Gasteiger partial charge in [-0.2, -0.15) is 0 Å². The van der Waals surface area contributed by atoms with Gasteiger partial charge >= 0.3 is 0 Å². The van der Waals surface area contributed by atoms with Crippen molar-refractivity contribution in [2.45, 2.75) is 71.4 Å². The van der Waals surface area contributed by atoms with Gasteiger partial charge in [0, 0.05) is 44.3 Å². The number of hydrogen-bond donors (Lipinski definition) is 1. The second-order valence-corrected chi connectivity index (χ2v) is 8.02. The first-order valence-corrected chi connectivity index (χ1v) is 9.21. The molecule has 0 bridgehead atoms. The van der Waals surface area contributed by atoms with Gasteiger partial charge in [0.2, 0.25) is 0 Å². The molecule has 2 fully saturated rings. The Morgan fingerprint density at radius 3 is 2.24 bits per heavy atom. The third-order valence-electron chi connectivity index (χ3n) is 5.44. The summed E-state index contributed by atoms with van der Waals surface area (Å²) in [6.07, 6.45) is 7.12. The van der Waals surface area contributed by atoms with Crippen LogP contribution >= 0.6 is 0 Å². The lowest BCUT2D eigenvalue weighted by Crippen LogP contribution is -2.55. The van der Waals surface area contributed by atoms with Crippen LogP contribution in [0.5, 0.6) is 0 Å². The quantitative estimate of drug-likeness (QED) is 0.805. The summed E-state index contributed by atoms with van der Waals surface area (Å²) < 4.78 is 0. The van der Waals surface area contributed by atoms with Crippen LogP contribution in [0.25, 0.3) is 0 Å². The maximum atomic E-state index is 3.76. The van der Waals surface area contributed by atoms with Gasteiger partial charge in [-0.05, 0) is 46.1 Å². The first-order valence-electron chi connectivity index (χ1n) is 9.21. The molecule has 0 amide bonds. The summed E-state index contributed by atoms with van der Waals surface area (Å²) in [6, 6.07) is 0.762. The summed E-state index contributed by atoms with van der Waals surface area (Å²) in [5.41, 5.74) is 0.334. The highest BCUT2D eigenvalue weighted by atomic mass is 15.3. The van der Waals surface area contributed by atoms with E-state index in [2.05, 4.69) is 42.8 Å². The summed E-state index contributed by atoms with van der Waals surface area (Å²) in [5, 5.41) is 3.76. The molecule has 2 aliphatic rings. The fraction of sp³-hybridized carbons (Fsp3) is 1.00. The van der Waals surface area contributed by atoms with Gasteiger partial charge in [0.05, 0.1) is 0 Å². The summed E-state index contributed by atoms with van der Waals surface area (Å²) in [5.74, 6) is 0.869. The predicted octanol–water partition coefficient (Wildman–Crippen LogP) is 2.96. The third kappa shape index (κ3) is 5.22. The molecular formula is C18H37N3. The molecule has 0 aromatic carbocycles. The van der Waals surface area contributed by atoms with Crippen LogP contribution in [0.3, 0.4) is 0 Å². The first-order chi connectivity index (χ1) is 10.0. The zero-order chi connectivity index (χ0) is 15.3. The van der Waals surface area contributed by atoms with Crippen LogP contribution < -0.4 is 5.32 Å². The van der Waals surface area contributed by atoms with E-state index in [1.165, 1.54) is 64.8 Å². The molecule has 0 aromatic rings.